The highest BCUT2D eigenvalue weighted by Crippen LogP contribution is 2.28. The summed E-state index contributed by atoms with van der Waals surface area (Å²) < 4.78 is 1.60. The smallest absolute Gasteiger partial charge is 0.329 e. The normalized spacial score (nSPS) is 22.5. The van der Waals surface area contributed by atoms with Crippen LogP contribution in [0, 0.1) is 0 Å². The van der Waals surface area contributed by atoms with E-state index in [-0.39, 0.29) is 6.03 Å². The Bertz CT molecular complexity index is 461. The van der Waals surface area contributed by atoms with Crippen molar-refractivity contribution in [1.82, 2.24) is 25.2 Å². The number of hydrogen-bond donors (Lipinski definition) is 2. The fourth-order valence-corrected chi connectivity index (χ4v) is 2.24. The highest BCUT2D eigenvalue weighted by atomic mass is 16.4. The number of amides is 2. The van der Waals surface area contributed by atoms with Crippen LogP contribution in [-0.2, 0) is 11.3 Å². The second-order valence-corrected chi connectivity index (χ2v) is 4.73. The molecule has 0 aliphatic carbocycles. The number of hydrogen-bond acceptors (Lipinski definition) is 4. The molecule has 2 heterocycles. The molecule has 1 saturated heterocycles. The van der Waals surface area contributed by atoms with E-state index < -0.39 is 11.5 Å². The van der Waals surface area contributed by atoms with E-state index in [2.05, 4.69) is 15.6 Å². The van der Waals surface area contributed by atoms with E-state index in [0.717, 1.165) is 0 Å². The Labute approximate surface area is 110 Å². The van der Waals surface area contributed by atoms with Crippen LogP contribution in [0.25, 0.3) is 0 Å². The minimum Gasteiger partial charge on any atom is -0.480 e. The van der Waals surface area contributed by atoms with Crippen LogP contribution in [0.1, 0.15) is 19.8 Å². The number of carbonyl (C=O) groups excluding carboxylic acids is 1. The van der Waals surface area contributed by atoms with Crippen molar-refractivity contribution in [3.05, 3.63) is 12.4 Å². The van der Waals surface area contributed by atoms with Gasteiger partial charge in [-0.1, -0.05) is 5.21 Å². The molecule has 104 valence electrons. The maximum atomic E-state index is 12.0. The van der Waals surface area contributed by atoms with Crippen molar-refractivity contribution in [2.24, 2.45) is 0 Å². The molecule has 19 heavy (non-hydrogen) atoms. The fraction of sp³-hybridized carbons (Fsp3) is 0.636. The Morgan fingerprint density at radius 1 is 1.53 bits per heavy atom. The number of rotatable bonds is 4. The first-order chi connectivity index (χ1) is 9.04. The first-order valence-corrected chi connectivity index (χ1v) is 6.17. The van der Waals surface area contributed by atoms with Crippen LogP contribution in [0.5, 0.6) is 0 Å². The standard InChI is InChI=1S/C11H17N5O3/c1-11(9(17)18)3-2-6-16(11)10(19)12-4-7-15-8-5-13-14-15/h5,8H,2-4,6-7H2,1H3,(H,12,19)(H,17,18). The molecular weight excluding hydrogens is 250 g/mol. The van der Waals surface area contributed by atoms with Gasteiger partial charge in [-0.15, -0.1) is 5.10 Å². The van der Waals surface area contributed by atoms with Crippen molar-refractivity contribution >= 4 is 12.0 Å². The van der Waals surface area contributed by atoms with Gasteiger partial charge in [0.05, 0.1) is 12.7 Å². The van der Waals surface area contributed by atoms with E-state index in [4.69, 9.17) is 0 Å². The molecule has 0 aromatic carbocycles. The predicted octanol–water partition coefficient (Wildman–Crippen LogP) is -0.0732. The summed E-state index contributed by atoms with van der Waals surface area (Å²) in [5.74, 6) is -0.962. The third kappa shape index (κ3) is 2.67. The van der Waals surface area contributed by atoms with Crippen LogP contribution >= 0.6 is 0 Å². The zero-order chi connectivity index (χ0) is 13.9. The number of aliphatic carboxylic acids is 1. The average Bonchev–Trinajstić information content (AvgIpc) is 2.99. The van der Waals surface area contributed by atoms with Crippen LogP contribution in [0.2, 0.25) is 0 Å². The van der Waals surface area contributed by atoms with Gasteiger partial charge in [0.25, 0.3) is 0 Å². The van der Waals surface area contributed by atoms with Gasteiger partial charge < -0.3 is 15.3 Å². The van der Waals surface area contributed by atoms with Gasteiger partial charge in [0.2, 0.25) is 0 Å². The fourth-order valence-electron chi connectivity index (χ4n) is 2.24. The molecule has 1 aromatic rings. The lowest BCUT2D eigenvalue weighted by Gasteiger charge is -2.31. The SMILES string of the molecule is CC1(C(=O)O)CCCN1C(=O)NCCn1ccnn1. The van der Waals surface area contributed by atoms with Gasteiger partial charge in [-0.05, 0) is 19.8 Å². The molecule has 1 aliphatic rings. The first kappa shape index (κ1) is 13.3. The van der Waals surface area contributed by atoms with Crippen molar-refractivity contribution in [2.75, 3.05) is 13.1 Å². The molecule has 1 aliphatic heterocycles. The highest BCUT2D eigenvalue weighted by molar-refractivity contribution is 5.86. The molecule has 1 aromatic heterocycles. The summed E-state index contributed by atoms with van der Waals surface area (Å²) in [5.41, 5.74) is -1.10. The molecule has 2 rings (SSSR count). The predicted molar refractivity (Wildman–Crippen MR) is 65.4 cm³/mol. The van der Waals surface area contributed by atoms with Crippen molar-refractivity contribution in [3.63, 3.8) is 0 Å². The summed E-state index contributed by atoms with van der Waals surface area (Å²) in [6.07, 6.45) is 4.45. The molecule has 0 radical (unpaired) electrons. The van der Waals surface area contributed by atoms with E-state index in [1.165, 1.54) is 4.90 Å². The summed E-state index contributed by atoms with van der Waals surface area (Å²) in [6.45, 7) is 2.94. The largest absolute Gasteiger partial charge is 0.480 e. The summed E-state index contributed by atoms with van der Waals surface area (Å²) in [7, 11) is 0. The summed E-state index contributed by atoms with van der Waals surface area (Å²) >= 11 is 0. The second kappa shape index (κ2) is 5.25. The van der Waals surface area contributed by atoms with Gasteiger partial charge in [-0.3, -0.25) is 4.68 Å². The molecule has 8 heteroatoms. The average molecular weight is 267 g/mol. The molecule has 2 N–H and O–H groups in total. The van der Waals surface area contributed by atoms with Crippen LogP contribution in [0.15, 0.2) is 12.4 Å². The third-order valence-electron chi connectivity index (χ3n) is 3.44. The van der Waals surface area contributed by atoms with Crippen molar-refractivity contribution in [2.45, 2.75) is 31.8 Å². The number of carbonyl (C=O) groups is 2. The summed E-state index contributed by atoms with van der Waals surface area (Å²) in [4.78, 5) is 24.6. The van der Waals surface area contributed by atoms with Crippen LogP contribution < -0.4 is 5.32 Å². The van der Waals surface area contributed by atoms with Gasteiger partial charge in [-0.2, -0.15) is 0 Å². The zero-order valence-corrected chi connectivity index (χ0v) is 10.7. The monoisotopic (exact) mass is 267 g/mol. The molecular formula is C11H17N5O3. The number of likely N-dealkylation sites (tertiary alicyclic amines) is 1. The van der Waals surface area contributed by atoms with E-state index in [0.29, 0.717) is 32.5 Å². The Balaban J connectivity index is 1.87. The Hall–Kier alpha value is -2.12. The van der Waals surface area contributed by atoms with Gasteiger partial charge in [0.15, 0.2) is 0 Å². The summed E-state index contributed by atoms with van der Waals surface area (Å²) in [5, 5.41) is 19.4. The molecule has 1 unspecified atom stereocenters. The van der Waals surface area contributed by atoms with Crippen LogP contribution in [-0.4, -0.2) is 55.6 Å². The molecule has 0 saturated carbocycles. The number of nitrogens with zero attached hydrogens (tertiary/aromatic N) is 4. The lowest BCUT2D eigenvalue weighted by Crippen LogP contribution is -2.54. The molecule has 1 fully saturated rings. The molecule has 0 spiro atoms. The van der Waals surface area contributed by atoms with E-state index in [1.807, 2.05) is 0 Å². The van der Waals surface area contributed by atoms with E-state index in [9.17, 15) is 14.7 Å². The number of carboxylic acids is 1. The third-order valence-corrected chi connectivity index (χ3v) is 3.44. The van der Waals surface area contributed by atoms with E-state index >= 15 is 0 Å². The second-order valence-electron chi connectivity index (χ2n) is 4.73. The molecule has 1 atom stereocenters. The maximum absolute atomic E-state index is 12.0. The van der Waals surface area contributed by atoms with Crippen molar-refractivity contribution in [3.8, 4) is 0 Å². The highest BCUT2D eigenvalue weighted by Gasteiger charge is 2.45. The Kier molecular flexibility index (Phi) is 3.68. The quantitative estimate of drug-likeness (QED) is 0.795. The number of carboxylic acid groups (broad SMARTS) is 1. The number of aromatic nitrogens is 3. The van der Waals surface area contributed by atoms with Crippen molar-refractivity contribution in [1.29, 1.82) is 0 Å². The minimum atomic E-state index is -1.10. The zero-order valence-electron chi connectivity index (χ0n) is 10.7. The topological polar surface area (TPSA) is 100 Å². The van der Waals surface area contributed by atoms with Crippen molar-refractivity contribution < 1.29 is 14.7 Å². The molecule has 0 bridgehead atoms. The minimum absolute atomic E-state index is 0.345. The maximum Gasteiger partial charge on any atom is 0.329 e. The molecule has 8 nitrogen and oxygen atoms in total. The number of urea groups is 1. The van der Waals surface area contributed by atoms with Gasteiger partial charge in [-0.25, -0.2) is 9.59 Å². The number of nitrogens with one attached hydrogen (secondary N) is 1. The first-order valence-electron chi connectivity index (χ1n) is 6.17. The van der Waals surface area contributed by atoms with Gasteiger partial charge >= 0.3 is 12.0 Å². The van der Waals surface area contributed by atoms with Crippen LogP contribution in [0.4, 0.5) is 4.79 Å². The Morgan fingerprint density at radius 2 is 2.32 bits per heavy atom. The lowest BCUT2D eigenvalue weighted by atomic mass is 10.00. The molecule has 2 amide bonds. The van der Waals surface area contributed by atoms with E-state index in [1.54, 1.807) is 24.0 Å². The Morgan fingerprint density at radius 3 is 2.95 bits per heavy atom. The lowest BCUT2D eigenvalue weighted by molar-refractivity contribution is -0.147. The van der Waals surface area contributed by atoms with Crippen LogP contribution in [0.3, 0.4) is 0 Å². The van der Waals surface area contributed by atoms with Gasteiger partial charge in [0, 0.05) is 19.3 Å². The van der Waals surface area contributed by atoms with Gasteiger partial charge in [0.1, 0.15) is 5.54 Å². The summed E-state index contributed by atoms with van der Waals surface area (Å²) in [6, 6.07) is -0.345.